The second-order valence-corrected chi connectivity index (χ2v) is 11.0. The van der Waals surface area contributed by atoms with E-state index in [0.29, 0.717) is 0 Å². The lowest BCUT2D eigenvalue weighted by atomic mass is 9.87. The van der Waals surface area contributed by atoms with E-state index in [1.54, 1.807) is 30.3 Å². The van der Waals surface area contributed by atoms with Gasteiger partial charge in [0.25, 0.3) is 5.56 Å². The van der Waals surface area contributed by atoms with E-state index >= 15 is 0 Å². The number of carbonyl (C=O) groups is 1. The number of aliphatic hydroxyl groups is 4. The summed E-state index contributed by atoms with van der Waals surface area (Å²) in [5.41, 5.74) is -0.608. The Balaban J connectivity index is 1.54. The van der Waals surface area contributed by atoms with Gasteiger partial charge in [-0.05, 0) is 6.92 Å². The normalized spacial score (nSPS) is 35.2. The Labute approximate surface area is 243 Å². The molecule has 4 aliphatic rings. The van der Waals surface area contributed by atoms with Crippen LogP contribution in [0.25, 0.3) is 0 Å². The molecule has 16 nitrogen and oxygen atoms in total. The molecule has 0 aliphatic carbocycles. The third-order valence-electron chi connectivity index (χ3n) is 8.46. The zero-order valence-electron chi connectivity index (χ0n) is 23.0. The first-order chi connectivity index (χ1) is 20.5. The molecule has 43 heavy (non-hydrogen) atoms. The number of ketones is 1. The highest BCUT2D eigenvalue weighted by atomic mass is 16.6. The van der Waals surface area contributed by atoms with E-state index < -0.39 is 71.8 Å². The maximum absolute atomic E-state index is 13.6. The summed E-state index contributed by atoms with van der Waals surface area (Å²) < 4.78 is 13.7. The fourth-order valence-corrected chi connectivity index (χ4v) is 6.29. The molecule has 0 radical (unpaired) electrons. The van der Waals surface area contributed by atoms with E-state index in [-0.39, 0.29) is 42.2 Å². The number of carbonyl (C=O) groups excluding carboxylic acids is 1. The Morgan fingerprint density at radius 2 is 1.70 bits per heavy atom. The summed E-state index contributed by atoms with van der Waals surface area (Å²) in [6.07, 6.45) is -3.41. The molecular weight excluding hydrogens is 566 g/mol. The minimum absolute atomic E-state index is 0.0201. The molecule has 0 spiro atoms. The maximum Gasteiger partial charge on any atom is 0.330 e. The van der Waals surface area contributed by atoms with Crippen molar-refractivity contribution in [2.24, 2.45) is 20.7 Å². The van der Waals surface area contributed by atoms with Gasteiger partial charge in [0.05, 0.1) is 25.4 Å². The molecule has 1 aromatic heterocycles. The van der Waals surface area contributed by atoms with Crippen molar-refractivity contribution in [2.75, 3.05) is 19.9 Å². The standard InChI is InChI=1S/C27H31N7O9/c1-14-9-33(24(41)32-23(14)40)25(7-16(37)18(10-35)42-25)26(8-17(38)19(11-36)43-26)34-13-30-20-22(34)29-12-31-27(20,28)21(39)15-5-3-2-4-6-15/h2-6,9,12,16-19,35-38H,7-8,10-11,13,28H2,1H3,(H,32,40,41)/t16-,17-,18+,19+,25-,26-,27?/m0/s1. The van der Waals surface area contributed by atoms with Crippen molar-refractivity contribution in [3.63, 3.8) is 0 Å². The van der Waals surface area contributed by atoms with Gasteiger partial charge in [0, 0.05) is 30.2 Å². The number of nitrogens with zero attached hydrogens (tertiary/aromatic N) is 5. The Morgan fingerprint density at radius 3 is 2.33 bits per heavy atom. The molecule has 5 heterocycles. The summed E-state index contributed by atoms with van der Waals surface area (Å²) in [6.45, 7) is -0.0879. The number of nitrogens with one attached hydrogen (secondary N) is 1. The van der Waals surface area contributed by atoms with Crippen molar-refractivity contribution in [1.82, 2.24) is 14.5 Å². The number of aromatic amines is 1. The molecule has 6 rings (SSSR count). The fourth-order valence-electron chi connectivity index (χ4n) is 6.29. The van der Waals surface area contributed by atoms with Crippen molar-refractivity contribution in [2.45, 2.75) is 61.3 Å². The van der Waals surface area contributed by atoms with E-state index in [2.05, 4.69) is 20.0 Å². The molecule has 1 aromatic carbocycles. The SMILES string of the molecule is Cc1cn([C@@]2([C@]3(N4CN=C5C4=NC=NC5(N)C(=O)c4ccccc4)C[C@H](O)[C@@H](CO)O3)C[C@H](O)[C@@H](CO)O2)c(=O)[nH]c1=O. The van der Waals surface area contributed by atoms with Gasteiger partial charge in [-0.1, -0.05) is 30.3 Å². The molecule has 0 amide bonds. The van der Waals surface area contributed by atoms with Crippen molar-refractivity contribution in [1.29, 1.82) is 0 Å². The average Bonchev–Trinajstić information content (AvgIpc) is 3.69. The number of hydrogen-bond donors (Lipinski definition) is 6. The van der Waals surface area contributed by atoms with E-state index in [0.717, 1.165) is 10.9 Å². The first-order valence-corrected chi connectivity index (χ1v) is 13.6. The summed E-state index contributed by atoms with van der Waals surface area (Å²) >= 11 is 0. The fraction of sp³-hybridized carbons (Fsp3) is 0.481. The van der Waals surface area contributed by atoms with Gasteiger partial charge in [-0.2, -0.15) is 0 Å². The third-order valence-corrected chi connectivity index (χ3v) is 8.46. The van der Waals surface area contributed by atoms with E-state index in [9.17, 15) is 34.8 Å². The van der Waals surface area contributed by atoms with Crippen LogP contribution >= 0.6 is 0 Å². The van der Waals surface area contributed by atoms with Gasteiger partial charge in [-0.25, -0.2) is 14.8 Å². The van der Waals surface area contributed by atoms with Gasteiger partial charge >= 0.3 is 5.69 Å². The largest absolute Gasteiger partial charge is 0.394 e. The summed E-state index contributed by atoms with van der Waals surface area (Å²) in [6, 6.07) is 8.25. The predicted octanol–water partition coefficient (Wildman–Crippen LogP) is -2.83. The maximum atomic E-state index is 13.6. The van der Waals surface area contributed by atoms with E-state index in [1.165, 1.54) is 18.0 Å². The van der Waals surface area contributed by atoms with Crippen LogP contribution in [0.1, 0.15) is 28.8 Å². The topological polar surface area (TPSA) is 238 Å². The second kappa shape index (κ2) is 10.4. The minimum Gasteiger partial charge on any atom is -0.394 e. The number of benzene rings is 1. The third kappa shape index (κ3) is 4.17. The number of ether oxygens (including phenoxy) is 2. The molecule has 16 heteroatoms. The lowest BCUT2D eigenvalue weighted by Gasteiger charge is -2.51. The van der Waals surface area contributed by atoms with Crippen LogP contribution in [0.3, 0.4) is 0 Å². The van der Waals surface area contributed by atoms with E-state index in [4.69, 9.17) is 15.2 Å². The number of hydrogen-bond acceptors (Lipinski definition) is 14. The number of aryl methyl sites for hydroxylation is 1. The number of aliphatic imine (C=N–C) groups is 3. The van der Waals surface area contributed by atoms with Crippen molar-refractivity contribution in [3.8, 4) is 0 Å². The first kappa shape index (κ1) is 29.2. The zero-order chi connectivity index (χ0) is 30.7. The van der Waals surface area contributed by atoms with Crippen molar-refractivity contribution >= 4 is 23.7 Å². The van der Waals surface area contributed by atoms with Gasteiger partial charge in [-0.3, -0.25) is 29.9 Å². The number of Topliss-reactive ketones (excluding diaryl/α,β-unsaturated/α-hetero) is 1. The number of nitrogens with two attached hydrogens (primary N) is 1. The smallest absolute Gasteiger partial charge is 0.330 e. The second-order valence-electron chi connectivity index (χ2n) is 11.0. The van der Waals surface area contributed by atoms with Crippen LogP contribution in [0, 0.1) is 6.92 Å². The molecule has 7 atom stereocenters. The van der Waals surface area contributed by atoms with Gasteiger partial charge in [0.2, 0.25) is 11.4 Å². The number of fused-ring (bicyclic) bond motifs is 1. The highest BCUT2D eigenvalue weighted by molar-refractivity contribution is 6.52. The quantitative estimate of drug-likeness (QED) is 0.178. The molecule has 0 bridgehead atoms. The number of aromatic nitrogens is 2. The Hall–Kier alpha value is -3.90. The highest BCUT2D eigenvalue weighted by Crippen LogP contribution is 2.53. The van der Waals surface area contributed by atoms with Gasteiger partial charge in [0.1, 0.15) is 30.9 Å². The molecule has 2 saturated heterocycles. The van der Waals surface area contributed by atoms with Crippen molar-refractivity contribution in [3.05, 3.63) is 68.5 Å². The average molecular weight is 598 g/mol. The lowest BCUT2D eigenvalue weighted by Crippen LogP contribution is -2.70. The molecule has 4 aliphatic heterocycles. The van der Waals surface area contributed by atoms with Crippen LogP contribution < -0.4 is 17.0 Å². The van der Waals surface area contributed by atoms with Crippen LogP contribution in [0.15, 0.2) is 61.1 Å². The van der Waals surface area contributed by atoms with Crippen LogP contribution in [-0.2, 0) is 15.2 Å². The number of H-pyrrole nitrogens is 1. The summed E-state index contributed by atoms with van der Waals surface area (Å²) in [4.78, 5) is 56.1. The number of amidine groups is 1. The Kier molecular flexibility index (Phi) is 7.04. The molecule has 228 valence electrons. The van der Waals surface area contributed by atoms with Crippen LogP contribution in [0.2, 0.25) is 0 Å². The molecule has 0 saturated carbocycles. The Bertz CT molecular complexity index is 1660. The van der Waals surface area contributed by atoms with Gasteiger partial charge in [0.15, 0.2) is 17.3 Å². The molecule has 2 fully saturated rings. The Morgan fingerprint density at radius 1 is 1.07 bits per heavy atom. The first-order valence-electron chi connectivity index (χ1n) is 13.6. The number of rotatable bonds is 7. The van der Waals surface area contributed by atoms with Gasteiger partial charge in [-0.15, -0.1) is 0 Å². The highest BCUT2D eigenvalue weighted by Gasteiger charge is 2.70. The molecular formula is C27H31N7O9. The van der Waals surface area contributed by atoms with Gasteiger partial charge < -0.3 is 34.8 Å². The molecule has 1 unspecified atom stereocenters. The summed E-state index contributed by atoms with van der Waals surface area (Å²) in [7, 11) is 0. The zero-order valence-corrected chi connectivity index (χ0v) is 23.0. The summed E-state index contributed by atoms with van der Waals surface area (Å²) in [5.74, 6) is -0.547. The predicted molar refractivity (Wildman–Crippen MR) is 150 cm³/mol. The molecule has 7 N–H and O–H groups in total. The van der Waals surface area contributed by atoms with Crippen LogP contribution in [-0.4, -0.2) is 114 Å². The van der Waals surface area contributed by atoms with Crippen LogP contribution in [0.4, 0.5) is 0 Å². The molecule has 2 aromatic rings. The summed E-state index contributed by atoms with van der Waals surface area (Å²) in [5, 5.41) is 42.3. The monoisotopic (exact) mass is 597 g/mol. The lowest BCUT2D eigenvalue weighted by molar-refractivity contribution is -0.287. The number of aliphatic hydroxyl groups excluding tert-OH is 4. The van der Waals surface area contributed by atoms with Crippen molar-refractivity contribution < 1.29 is 34.7 Å². The van der Waals surface area contributed by atoms with Crippen LogP contribution in [0.5, 0.6) is 0 Å². The van der Waals surface area contributed by atoms with E-state index in [1.807, 2.05) is 0 Å². The minimum atomic E-state index is -2.04.